The Kier molecular flexibility index (Phi) is 4.36. The van der Waals surface area contributed by atoms with Crippen LogP contribution in [0.3, 0.4) is 0 Å². The molecular formula is C18H16FN3O4S2. The van der Waals surface area contributed by atoms with Gasteiger partial charge in [-0.15, -0.1) is 0 Å². The highest BCUT2D eigenvalue weighted by molar-refractivity contribution is 7.89. The smallest absolute Gasteiger partial charge is 0.238 e. The molecular weight excluding hydrogens is 405 g/mol. The Morgan fingerprint density at radius 2 is 1.89 bits per heavy atom. The molecule has 10 heteroatoms. The second kappa shape index (κ2) is 6.50. The number of methoxy groups -OCH3 is 1. The molecule has 1 aliphatic rings. The second-order valence-corrected chi connectivity index (χ2v) is 9.26. The van der Waals surface area contributed by atoms with E-state index in [9.17, 15) is 17.0 Å². The quantitative estimate of drug-likeness (QED) is 0.699. The third-order valence-corrected chi connectivity index (χ3v) is 7.03. The average Bonchev–Trinajstić information content (AvgIpc) is 3.00. The lowest BCUT2D eigenvalue weighted by molar-refractivity contribution is 0.385. The molecule has 0 radical (unpaired) electrons. The van der Waals surface area contributed by atoms with Gasteiger partial charge in [0.1, 0.15) is 0 Å². The van der Waals surface area contributed by atoms with E-state index in [1.54, 1.807) is 29.8 Å². The van der Waals surface area contributed by atoms with E-state index < -0.39 is 26.6 Å². The van der Waals surface area contributed by atoms with Crippen molar-refractivity contribution < 1.29 is 21.8 Å². The summed E-state index contributed by atoms with van der Waals surface area (Å²) in [6.07, 6.45) is 0. The summed E-state index contributed by atoms with van der Waals surface area (Å²) in [4.78, 5) is 0.501. The number of hydrogen-bond acceptors (Lipinski definition) is 5. The Labute approximate surface area is 163 Å². The van der Waals surface area contributed by atoms with Gasteiger partial charge in [0.2, 0.25) is 10.0 Å². The summed E-state index contributed by atoms with van der Waals surface area (Å²) in [5.41, 5.74) is 2.49. The summed E-state index contributed by atoms with van der Waals surface area (Å²) in [6, 6.07) is 9.05. The number of sulfonamides is 1. The van der Waals surface area contributed by atoms with Gasteiger partial charge in [0, 0.05) is 11.1 Å². The van der Waals surface area contributed by atoms with Crippen molar-refractivity contribution in [1.82, 2.24) is 9.78 Å². The summed E-state index contributed by atoms with van der Waals surface area (Å²) in [6.45, 7) is 1.73. The lowest BCUT2D eigenvalue weighted by Crippen LogP contribution is -2.13. The van der Waals surface area contributed by atoms with E-state index in [-0.39, 0.29) is 16.4 Å². The van der Waals surface area contributed by atoms with Gasteiger partial charge in [0.25, 0.3) is 0 Å². The largest absolute Gasteiger partial charge is 0.494 e. The van der Waals surface area contributed by atoms with Crippen LogP contribution >= 0.6 is 0 Å². The second-order valence-electron chi connectivity index (χ2n) is 6.31. The Balaban J connectivity index is 1.96. The van der Waals surface area contributed by atoms with E-state index in [4.69, 9.17) is 9.88 Å². The van der Waals surface area contributed by atoms with Gasteiger partial charge in [-0.2, -0.15) is 5.10 Å². The monoisotopic (exact) mass is 421 g/mol. The van der Waals surface area contributed by atoms with Crippen LogP contribution in [0.4, 0.5) is 4.39 Å². The van der Waals surface area contributed by atoms with Crippen LogP contribution in [0.15, 0.2) is 46.2 Å². The van der Waals surface area contributed by atoms with E-state index in [0.29, 0.717) is 33.1 Å². The predicted octanol–water partition coefficient (Wildman–Crippen LogP) is 2.26. The molecule has 146 valence electrons. The number of hydrogen-bond donors (Lipinski definition) is 1. The van der Waals surface area contributed by atoms with Gasteiger partial charge in [0.05, 0.1) is 50.5 Å². The molecule has 0 amide bonds. The highest BCUT2D eigenvalue weighted by Gasteiger charge is 2.32. The van der Waals surface area contributed by atoms with Gasteiger partial charge in [-0.25, -0.2) is 22.6 Å². The summed E-state index contributed by atoms with van der Waals surface area (Å²) in [5, 5.41) is 9.61. The third kappa shape index (κ3) is 2.84. The molecule has 4 rings (SSSR count). The van der Waals surface area contributed by atoms with Crippen LogP contribution in [0.5, 0.6) is 5.75 Å². The number of fused-ring (bicyclic) bond motifs is 3. The first-order valence-corrected chi connectivity index (χ1v) is 11.1. The van der Waals surface area contributed by atoms with Gasteiger partial charge < -0.3 is 4.74 Å². The maximum absolute atomic E-state index is 14.8. The minimum atomic E-state index is -3.83. The van der Waals surface area contributed by atoms with Gasteiger partial charge in [-0.3, -0.25) is 4.21 Å². The minimum Gasteiger partial charge on any atom is -0.494 e. The molecule has 2 N–H and O–H groups in total. The van der Waals surface area contributed by atoms with Crippen molar-refractivity contribution in [2.45, 2.75) is 22.5 Å². The molecule has 0 saturated heterocycles. The molecule has 7 nitrogen and oxygen atoms in total. The zero-order chi connectivity index (χ0) is 20.2. The SMILES string of the molecule is COc1ccc2c(c1F)CS(=O)c1c(C)nn(-c3ccc(S(N)(=O)=O)cc3)c1-2. The molecule has 1 atom stereocenters. The van der Waals surface area contributed by atoms with Gasteiger partial charge in [0.15, 0.2) is 11.6 Å². The summed E-state index contributed by atoms with van der Waals surface area (Å²) in [5.74, 6) is -0.434. The van der Waals surface area contributed by atoms with Crippen LogP contribution in [0, 0.1) is 12.7 Å². The minimum absolute atomic E-state index is 0.0300. The lowest BCUT2D eigenvalue weighted by atomic mass is 10.0. The van der Waals surface area contributed by atoms with Gasteiger partial charge in [-0.05, 0) is 43.3 Å². The average molecular weight is 421 g/mol. The number of nitrogens with zero attached hydrogens (tertiary/aromatic N) is 2. The van der Waals surface area contributed by atoms with Crippen molar-refractivity contribution in [3.8, 4) is 22.7 Å². The molecule has 2 aromatic carbocycles. The first-order chi connectivity index (χ1) is 13.2. The summed E-state index contributed by atoms with van der Waals surface area (Å²) >= 11 is 0. The normalized spacial score (nSPS) is 15.8. The molecule has 2 heterocycles. The lowest BCUT2D eigenvalue weighted by Gasteiger charge is -2.20. The number of nitrogens with two attached hydrogens (primary N) is 1. The van der Waals surface area contributed by atoms with E-state index in [1.807, 2.05) is 0 Å². The van der Waals surface area contributed by atoms with E-state index in [2.05, 4.69) is 5.10 Å². The highest BCUT2D eigenvalue weighted by Crippen LogP contribution is 2.42. The molecule has 1 unspecified atom stereocenters. The van der Waals surface area contributed by atoms with Crippen molar-refractivity contribution in [3.05, 3.63) is 53.5 Å². The molecule has 0 bridgehead atoms. The van der Waals surface area contributed by atoms with Gasteiger partial charge >= 0.3 is 0 Å². The number of aromatic nitrogens is 2. The third-order valence-electron chi connectivity index (χ3n) is 4.60. The molecule has 3 aromatic rings. The van der Waals surface area contributed by atoms with Crippen molar-refractivity contribution >= 4 is 20.8 Å². The molecule has 0 aliphatic carbocycles. The topological polar surface area (TPSA) is 104 Å². The molecule has 1 aliphatic heterocycles. The van der Waals surface area contributed by atoms with Crippen LogP contribution in [-0.4, -0.2) is 29.5 Å². The van der Waals surface area contributed by atoms with Crippen molar-refractivity contribution in [2.75, 3.05) is 7.11 Å². The van der Waals surface area contributed by atoms with E-state index in [0.717, 1.165) is 0 Å². The zero-order valence-corrected chi connectivity index (χ0v) is 16.6. The maximum Gasteiger partial charge on any atom is 0.238 e. The fourth-order valence-corrected chi connectivity index (χ4v) is 5.30. The first-order valence-electron chi connectivity index (χ1n) is 8.19. The fraction of sp³-hybridized carbons (Fsp3) is 0.167. The number of rotatable bonds is 3. The van der Waals surface area contributed by atoms with Crippen LogP contribution in [0.2, 0.25) is 0 Å². The number of aryl methyl sites for hydroxylation is 1. The molecule has 0 spiro atoms. The summed E-state index contributed by atoms with van der Waals surface area (Å²) in [7, 11) is -3.93. The van der Waals surface area contributed by atoms with Crippen LogP contribution in [0.1, 0.15) is 11.3 Å². The fourth-order valence-electron chi connectivity index (χ4n) is 3.31. The Morgan fingerprint density at radius 1 is 1.21 bits per heavy atom. The first kappa shape index (κ1) is 18.8. The van der Waals surface area contributed by atoms with Crippen LogP contribution in [-0.2, 0) is 26.6 Å². The molecule has 0 fully saturated rings. The van der Waals surface area contributed by atoms with Gasteiger partial charge in [-0.1, -0.05) is 0 Å². The van der Waals surface area contributed by atoms with E-state index in [1.165, 1.54) is 25.3 Å². The standard InChI is InChI=1S/C18H16FN3O4S2/c1-10-18-17(13-7-8-15(26-2)16(19)14(13)9-27(18)23)22(21-10)11-3-5-12(6-4-11)28(20,24)25/h3-8H,9H2,1-2H3,(H2,20,24,25). The van der Waals surface area contributed by atoms with Crippen molar-refractivity contribution in [1.29, 1.82) is 0 Å². The maximum atomic E-state index is 14.8. The van der Waals surface area contributed by atoms with Crippen LogP contribution < -0.4 is 9.88 Å². The number of primary sulfonamides is 1. The molecule has 1 aromatic heterocycles. The van der Waals surface area contributed by atoms with E-state index >= 15 is 0 Å². The Bertz CT molecular complexity index is 1230. The Hall–Kier alpha value is -2.56. The molecule has 0 saturated carbocycles. The molecule has 28 heavy (non-hydrogen) atoms. The number of benzene rings is 2. The predicted molar refractivity (Wildman–Crippen MR) is 102 cm³/mol. The van der Waals surface area contributed by atoms with Crippen LogP contribution in [0.25, 0.3) is 16.9 Å². The van der Waals surface area contributed by atoms with Crippen molar-refractivity contribution in [3.63, 3.8) is 0 Å². The highest BCUT2D eigenvalue weighted by atomic mass is 32.2. The van der Waals surface area contributed by atoms with Crippen molar-refractivity contribution in [2.24, 2.45) is 5.14 Å². The number of ether oxygens (including phenoxy) is 1. The number of halogens is 1. The summed E-state index contributed by atoms with van der Waals surface area (Å²) < 4.78 is 57.1. The Morgan fingerprint density at radius 3 is 2.50 bits per heavy atom. The zero-order valence-electron chi connectivity index (χ0n) is 15.0.